The molecule has 0 aromatic heterocycles. The second-order valence-electron chi connectivity index (χ2n) is 5.12. The minimum Gasteiger partial charge on any atom is -0.469 e. The van der Waals surface area contributed by atoms with Crippen LogP contribution in [0.25, 0.3) is 0 Å². The molecule has 2 atom stereocenters. The summed E-state index contributed by atoms with van der Waals surface area (Å²) in [5.41, 5.74) is 9.30. The number of carbonyl (C=O) groups is 1. The Balaban J connectivity index is 2.10. The van der Waals surface area contributed by atoms with Gasteiger partial charge < -0.3 is 15.6 Å². The van der Waals surface area contributed by atoms with Crippen molar-refractivity contribution in [1.82, 2.24) is 0 Å². The van der Waals surface area contributed by atoms with Crippen molar-refractivity contribution in [2.75, 3.05) is 7.11 Å². The summed E-state index contributed by atoms with van der Waals surface area (Å²) in [6.07, 6.45) is 3.79. The fourth-order valence-electron chi connectivity index (χ4n) is 2.57. The molecule has 2 unspecified atom stereocenters. The summed E-state index contributed by atoms with van der Waals surface area (Å²) in [5.74, 6) is -0.399. The maximum absolute atomic E-state index is 11.2. The molecule has 19 heavy (non-hydrogen) atoms. The van der Waals surface area contributed by atoms with E-state index in [1.807, 2.05) is 12.1 Å². The number of aliphatic hydroxyl groups is 1. The molecule has 0 amide bonds. The molecule has 0 radical (unpaired) electrons. The Morgan fingerprint density at radius 2 is 2.05 bits per heavy atom. The highest BCUT2D eigenvalue weighted by atomic mass is 16.5. The van der Waals surface area contributed by atoms with Gasteiger partial charge in [0.25, 0.3) is 0 Å². The van der Waals surface area contributed by atoms with E-state index in [4.69, 9.17) is 5.73 Å². The first-order chi connectivity index (χ1) is 9.11. The maximum Gasteiger partial charge on any atom is 0.307 e. The first-order valence-corrected chi connectivity index (χ1v) is 6.74. The van der Waals surface area contributed by atoms with E-state index in [2.05, 4.69) is 10.8 Å². The van der Waals surface area contributed by atoms with Gasteiger partial charge in [-0.1, -0.05) is 18.2 Å². The lowest BCUT2D eigenvalue weighted by Gasteiger charge is -2.21. The maximum atomic E-state index is 11.2. The zero-order valence-corrected chi connectivity index (χ0v) is 11.3. The number of carbonyl (C=O) groups excluding carboxylic acids is 1. The summed E-state index contributed by atoms with van der Waals surface area (Å²) in [6.45, 7) is 0. The molecule has 0 heterocycles. The SMILES string of the molecule is COC(=O)CC(N)C(O)c1ccc2c(c1)CCCC2. The highest BCUT2D eigenvalue weighted by Gasteiger charge is 2.21. The van der Waals surface area contributed by atoms with Crippen LogP contribution in [0.4, 0.5) is 0 Å². The number of aliphatic hydroxyl groups excluding tert-OH is 1. The molecule has 0 spiro atoms. The van der Waals surface area contributed by atoms with Crippen LogP contribution in [0.2, 0.25) is 0 Å². The van der Waals surface area contributed by atoms with Crippen LogP contribution in [-0.2, 0) is 22.4 Å². The topological polar surface area (TPSA) is 72.5 Å². The third-order valence-corrected chi connectivity index (χ3v) is 3.75. The number of methoxy groups -OCH3 is 1. The van der Waals surface area contributed by atoms with E-state index in [0.717, 1.165) is 18.4 Å². The average Bonchev–Trinajstić information content (AvgIpc) is 2.45. The lowest BCUT2D eigenvalue weighted by Crippen LogP contribution is -2.31. The van der Waals surface area contributed by atoms with Crippen LogP contribution in [0.3, 0.4) is 0 Å². The lowest BCUT2D eigenvalue weighted by molar-refractivity contribution is -0.141. The second-order valence-corrected chi connectivity index (χ2v) is 5.12. The predicted molar refractivity (Wildman–Crippen MR) is 72.7 cm³/mol. The van der Waals surface area contributed by atoms with Gasteiger partial charge in [-0.05, 0) is 42.4 Å². The smallest absolute Gasteiger partial charge is 0.307 e. The first-order valence-electron chi connectivity index (χ1n) is 6.74. The fourth-order valence-corrected chi connectivity index (χ4v) is 2.57. The molecular formula is C15H21NO3. The highest BCUT2D eigenvalue weighted by Crippen LogP contribution is 2.26. The van der Waals surface area contributed by atoms with E-state index in [1.54, 1.807) is 0 Å². The molecule has 0 bridgehead atoms. The van der Waals surface area contributed by atoms with Crippen LogP contribution in [0.1, 0.15) is 42.1 Å². The summed E-state index contributed by atoms with van der Waals surface area (Å²) in [7, 11) is 1.32. The van der Waals surface area contributed by atoms with Crippen LogP contribution >= 0.6 is 0 Å². The molecule has 4 nitrogen and oxygen atoms in total. The van der Waals surface area contributed by atoms with Gasteiger partial charge in [0.05, 0.1) is 19.6 Å². The molecule has 3 N–H and O–H groups in total. The summed E-state index contributed by atoms with van der Waals surface area (Å²) >= 11 is 0. The Kier molecular flexibility index (Phi) is 4.56. The zero-order chi connectivity index (χ0) is 13.8. The van der Waals surface area contributed by atoms with Gasteiger partial charge in [-0.2, -0.15) is 0 Å². The molecule has 104 valence electrons. The van der Waals surface area contributed by atoms with Crippen molar-refractivity contribution in [2.45, 2.75) is 44.2 Å². The van der Waals surface area contributed by atoms with Crippen molar-refractivity contribution < 1.29 is 14.6 Å². The molecule has 1 aliphatic rings. The van der Waals surface area contributed by atoms with Gasteiger partial charge in [0.15, 0.2) is 0 Å². The van der Waals surface area contributed by atoms with Crippen molar-refractivity contribution in [1.29, 1.82) is 0 Å². The number of hydrogen-bond acceptors (Lipinski definition) is 4. The number of aryl methyl sites for hydroxylation is 2. The Morgan fingerprint density at radius 3 is 2.74 bits per heavy atom. The fraction of sp³-hybridized carbons (Fsp3) is 0.533. The molecule has 2 rings (SSSR count). The number of nitrogens with two attached hydrogens (primary N) is 1. The summed E-state index contributed by atoms with van der Waals surface area (Å²) < 4.78 is 4.57. The van der Waals surface area contributed by atoms with Crippen LogP contribution in [0.15, 0.2) is 18.2 Å². The number of hydrogen-bond donors (Lipinski definition) is 2. The summed E-state index contributed by atoms with van der Waals surface area (Å²) in [4.78, 5) is 11.2. The second kappa shape index (κ2) is 6.17. The average molecular weight is 263 g/mol. The van der Waals surface area contributed by atoms with Crippen molar-refractivity contribution in [2.24, 2.45) is 5.73 Å². The number of benzene rings is 1. The molecule has 0 saturated heterocycles. The van der Waals surface area contributed by atoms with E-state index in [-0.39, 0.29) is 6.42 Å². The van der Waals surface area contributed by atoms with Crippen LogP contribution in [0.5, 0.6) is 0 Å². The van der Waals surface area contributed by atoms with E-state index in [1.165, 1.54) is 31.1 Å². The standard InChI is InChI=1S/C15H21NO3/c1-19-14(17)9-13(16)15(18)12-7-6-10-4-2-3-5-11(10)8-12/h6-8,13,15,18H,2-5,9,16H2,1H3. The van der Waals surface area contributed by atoms with Crippen LogP contribution < -0.4 is 5.73 Å². The van der Waals surface area contributed by atoms with Crippen molar-refractivity contribution >= 4 is 5.97 Å². The number of ether oxygens (including phenoxy) is 1. The van der Waals surface area contributed by atoms with Crippen molar-refractivity contribution in [3.8, 4) is 0 Å². The molecule has 4 heteroatoms. The lowest BCUT2D eigenvalue weighted by atomic mass is 9.88. The summed E-state index contributed by atoms with van der Waals surface area (Å²) in [6, 6.07) is 5.37. The van der Waals surface area contributed by atoms with Gasteiger partial charge in [-0.25, -0.2) is 0 Å². The normalized spacial score (nSPS) is 17.4. The van der Waals surface area contributed by atoms with Crippen LogP contribution in [-0.4, -0.2) is 24.2 Å². The predicted octanol–water partition coefficient (Wildman–Crippen LogP) is 1.49. The largest absolute Gasteiger partial charge is 0.469 e. The number of fused-ring (bicyclic) bond motifs is 1. The Bertz CT molecular complexity index is 459. The Labute approximate surface area is 113 Å². The monoisotopic (exact) mass is 263 g/mol. The van der Waals surface area contributed by atoms with Gasteiger partial charge in [0.1, 0.15) is 0 Å². The van der Waals surface area contributed by atoms with E-state index in [9.17, 15) is 9.90 Å². The van der Waals surface area contributed by atoms with Gasteiger partial charge >= 0.3 is 5.97 Å². The third kappa shape index (κ3) is 3.33. The third-order valence-electron chi connectivity index (χ3n) is 3.75. The zero-order valence-electron chi connectivity index (χ0n) is 11.3. The van der Waals surface area contributed by atoms with E-state index in [0.29, 0.717) is 0 Å². The summed E-state index contributed by atoms with van der Waals surface area (Å²) in [5, 5.41) is 10.2. The minimum atomic E-state index is -0.827. The van der Waals surface area contributed by atoms with E-state index >= 15 is 0 Å². The first kappa shape index (κ1) is 14.0. The Hall–Kier alpha value is -1.39. The number of esters is 1. The van der Waals surface area contributed by atoms with Crippen molar-refractivity contribution in [3.05, 3.63) is 34.9 Å². The highest BCUT2D eigenvalue weighted by molar-refractivity contribution is 5.70. The van der Waals surface area contributed by atoms with Gasteiger partial charge in [0.2, 0.25) is 0 Å². The van der Waals surface area contributed by atoms with Crippen molar-refractivity contribution in [3.63, 3.8) is 0 Å². The van der Waals surface area contributed by atoms with Gasteiger partial charge in [0, 0.05) is 6.04 Å². The number of rotatable bonds is 4. The molecular weight excluding hydrogens is 242 g/mol. The van der Waals surface area contributed by atoms with E-state index < -0.39 is 18.1 Å². The molecule has 0 aliphatic heterocycles. The van der Waals surface area contributed by atoms with Gasteiger partial charge in [-0.15, -0.1) is 0 Å². The molecule has 1 aliphatic carbocycles. The molecule has 1 aromatic carbocycles. The van der Waals surface area contributed by atoms with Gasteiger partial charge in [-0.3, -0.25) is 4.79 Å². The molecule has 0 saturated carbocycles. The minimum absolute atomic E-state index is 0.0226. The quantitative estimate of drug-likeness (QED) is 0.807. The molecule has 0 fully saturated rings. The molecule has 1 aromatic rings. The van der Waals surface area contributed by atoms with Crippen LogP contribution in [0, 0.1) is 0 Å². The Morgan fingerprint density at radius 1 is 1.37 bits per heavy atom.